The topological polar surface area (TPSA) is 49.8 Å². The summed E-state index contributed by atoms with van der Waals surface area (Å²) >= 11 is 1.99. The second-order valence-electron chi connectivity index (χ2n) is 5.83. The lowest BCUT2D eigenvalue weighted by Crippen LogP contribution is -2.40. The van der Waals surface area contributed by atoms with E-state index in [9.17, 15) is 0 Å². The number of aromatic nitrogens is 2. The van der Waals surface area contributed by atoms with E-state index in [0.29, 0.717) is 4.75 Å². The van der Waals surface area contributed by atoms with E-state index in [2.05, 4.69) is 40.7 Å². The SMILES string of the molecule is CCCNc1cc(NCC2(SC)CCC2)nc(CCC)n1. The molecule has 0 radical (unpaired) electrons. The van der Waals surface area contributed by atoms with Crippen LogP contribution in [0, 0.1) is 0 Å². The maximum atomic E-state index is 4.66. The molecule has 1 aromatic heterocycles. The summed E-state index contributed by atoms with van der Waals surface area (Å²) in [6, 6.07) is 2.04. The highest BCUT2D eigenvalue weighted by Gasteiger charge is 2.35. The number of aryl methyl sites for hydroxylation is 1. The van der Waals surface area contributed by atoms with Gasteiger partial charge in [0.1, 0.15) is 17.5 Å². The van der Waals surface area contributed by atoms with Gasteiger partial charge in [0.15, 0.2) is 0 Å². The van der Waals surface area contributed by atoms with Gasteiger partial charge in [-0.25, -0.2) is 9.97 Å². The number of hydrogen-bond donors (Lipinski definition) is 2. The third-order valence-corrected chi connectivity index (χ3v) is 5.51. The zero-order valence-corrected chi connectivity index (χ0v) is 14.4. The van der Waals surface area contributed by atoms with Crippen LogP contribution in [-0.4, -0.2) is 34.1 Å². The molecule has 118 valence electrons. The lowest BCUT2D eigenvalue weighted by Gasteiger charge is -2.40. The molecule has 1 saturated carbocycles. The largest absolute Gasteiger partial charge is 0.370 e. The van der Waals surface area contributed by atoms with Crippen molar-refractivity contribution in [1.29, 1.82) is 0 Å². The average Bonchev–Trinajstić information content (AvgIpc) is 2.45. The summed E-state index contributed by atoms with van der Waals surface area (Å²) in [6.07, 6.45) is 9.32. The van der Waals surface area contributed by atoms with Gasteiger partial charge in [-0.3, -0.25) is 0 Å². The van der Waals surface area contributed by atoms with Gasteiger partial charge in [-0.2, -0.15) is 11.8 Å². The molecule has 0 spiro atoms. The maximum absolute atomic E-state index is 4.66. The van der Waals surface area contributed by atoms with Crippen molar-refractivity contribution in [3.8, 4) is 0 Å². The van der Waals surface area contributed by atoms with E-state index in [4.69, 9.17) is 0 Å². The fraction of sp³-hybridized carbons (Fsp3) is 0.750. The molecule has 0 aliphatic heterocycles. The van der Waals surface area contributed by atoms with Crippen molar-refractivity contribution in [2.75, 3.05) is 30.0 Å². The molecular weight excluding hydrogens is 280 g/mol. The van der Waals surface area contributed by atoms with E-state index in [1.165, 1.54) is 19.3 Å². The normalized spacial score (nSPS) is 16.3. The summed E-state index contributed by atoms with van der Waals surface area (Å²) < 4.78 is 0.423. The Morgan fingerprint density at radius 2 is 1.86 bits per heavy atom. The monoisotopic (exact) mass is 308 g/mol. The second-order valence-corrected chi connectivity index (χ2v) is 7.10. The van der Waals surface area contributed by atoms with Crippen LogP contribution >= 0.6 is 11.8 Å². The number of nitrogens with one attached hydrogen (secondary N) is 2. The van der Waals surface area contributed by atoms with E-state index in [0.717, 1.165) is 49.8 Å². The summed E-state index contributed by atoms with van der Waals surface area (Å²) in [4.78, 5) is 9.25. The number of nitrogens with zero attached hydrogens (tertiary/aromatic N) is 2. The van der Waals surface area contributed by atoms with Crippen LogP contribution in [0.1, 0.15) is 51.8 Å². The second kappa shape index (κ2) is 7.87. The first-order valence-electron chi connectivity index (χ1n) is 8.12. The van der Waals surface area contributed by atoms with Gasteiger partial charge >= 0.3 is 0 Å². The van der Waals surface area contributed by atoms with E-state index in [1.54, 1.807) is 0 Å². The highest BCUT2D eigenvalue weighted by atomic mass is 32.2. The summed E-state index contributed by atoms with van der Waals surface area (Å²) in [7, 11) is 0. The van der Waals surface area contributed by atoms with Crippen LogP contribution in [0.3, 0.4) is 0 Å². The predicted octanol–water partition coefficient (Wildman–Crippen LogP) is 3.95. The molecule has 1 heterocycles. The van der Waals surface area contributed by atoms with E-state index in [-0.39, 0.29) is 0 Å². The Labute approximate surface area is 132 Å². The molecule has 5 heteroatoms. The van der Waals surface area contributed by atoms with Gasteiger partial charge in [-0.15, -0.1) is 0 Å². The third kappa shape index (κ3) is 4.50. The number of rotatable bonds is 9. The molecule has 4 nitrogen and oxygen atoms in total. The quantitative estimate of drug-likeness (QED) is 0.723. The molecular formula is C16H28N4S. The standard InChI is InChI=1S/C16H28N4S/c1-4-7-13-19-14(17-10-5-2)11-15(20-13)18-12-16(21-3)8-6-9-16/h11H,4-10,12H2,1-3H3,(H2,17,18,19,20). The van der Waals surface area contributed by atoms with E-state index in [1.807, 2.05) is 17.8 Å². The van der Waals surface area contributed by atoms with Crippen LogP contribution in [-0.2, 0) is 6.42 Å². The van der Waals surface area contributed by atoms with Crippen molar-refractivity contribution in [2.24, 2.45) is 0 Å². The Kier molecular flexibility index (Phi) is 6.15. The summed E-state index contributed by atoms with van der Waals surface area (Å²) in [5.41, 5.74) is 0. The van der Waals surface area contributed by atoms with Gasteiger partial charge in [0.25, 0.3) is 0 Å². The maximum Gasteiger partial charge on any atom is 0.133 e. The van der Waals surface area contributed by atoms with Crippen LogP contribution < -0.4 is 10.6 Å². The van der Waals surface area contributed by atoms with Crippen LogP contribution in [0.5, 0.6) is 0 Å². The van der Waals surface area contributed by atoms with Crippen LogP contribution in [0.2, 0.25) is 0 Å². The van der Waals surface area contributed by atoms with Gasteiger partial charge < -0.3 is 10.6 Å². The Balaban J connectivity index is 2.03. The molecule has 2 rings (SSSR count). The molecule has 0 saturated heterocycles. The number of thioether (sulfide) groups is 1. The minimum Gasteiger partial charge on any atom is -0.370 e. The zero-order chi connectivity index (χ0) is 15.1. The molecule has 0 bridgehead atoms. The van der Waals surface area contributed by atoms with Crippen molar-refractivity contribution >= 4 is 23.4 Å². The zero-order valence-electron chi connectivity index (χ0n) is 13.5. The smallest absolute Gasteiger partial charge is 0.133 e. The molecule has 0 aromatic carbocycles. The lowest BCUT2D eigenvalue weighted by molar-refractivity contribution is 0.379. The van der Waals surface area contributed by atoms with Crippen molar-refractivity contribution in [3.63, 3.8) is 0 Å². The molecule has 1 fully saturated rings. The molecule has 1 aliphatic rings. The fourth-order valence-electron chi connectivity index (χ4n) is 2.54. The van der Waals surface area contributed by atoms with Gasteiger partial charge in [0.2, 0.25) is 0 Å². The van der Waals surface area contributed by atoms with Crippen LogP contribution in [0.15, 0.2) is 6.07 Å². The molecule has 0 unspecified atom stereocenters. The Morgan fingerprint density at radius 1 is 1.14 bits per heavy atom. The van der Waals surface area contributed by atoms with Crippen LogP contribution in [0.25, 0.3) is 0 Å². The lowest BCUT2D eigenvalue weighted by atomic mass is 9.84. The third-order valence-electron chi connectivity index (χ3n) is 4.09. The van der Waals surface area contributed by atoms with Crippen molar-refractivity contribution in [1.82, 2.24) is 9.97 Å². The Hall–Kier alpha value is -0.970. The van der Waals surface area contributed by atoms with Crippen molar-refractivity contribution in [3.05, 3.63) is 11.9 Å². The fourth-order valence-corrected chi connectivity index (χ4v) is 3.46. The van der Waals surface area contributed by atoms with Crippen molar-refractivity contribution in [2.45, 2.75) is 57.1 Å². The average molecular weight is 308 g/mol. The van der Waals surface area contributed by atoms with Gasteiger partial charge in [-0.05, 0) is 31.9 Å². The first-order chi connectivity index (χ1) is 10.2. The van der Waals surface area contributed by atoms with E-state index < -0.39 is 0 Å². The van der Waals surface area contributed by atoms with E-state index >= 15 is 0 Å². The van der Waals surface area contributed by atoms with Gasteiger partial charge in [0.05, 0.1) is 0 Å². The van der Waals surface area contributed by atoms with Crippen molar-refractivity contribution < 1.29 is 0 Å². The molecule has 1 aromatic rings. The Morgan fingerprint density at radius 3 is 2.38 bits per heavy atom. The number of hydrogen-bond acceptors (Lipinski definition) is 5. The van der Waals surface area contributed by atoms with Gasteiger partial charge in [-0.1, -0.05) is 20.3 Å². The molecule has 0 amide bonds. The highest BCUT2D eigenvalue weighted by Crippen LogP contribution is 2.42. The first kappa shape index (κ1) is 16.4. The minimum absolute atomic E-state index is 0.423. The highest BCUT2D eigenvalue weighted by molar-refractivity contribution is 8.00. The minimum atomic E-state index is 0.423. The summed E-state index contributed by atoms with van der Waals surface area (Å²) in [5.74, 6) is 2.85. The molecule has 1 aliphatic carbocycles. The molecule has 21 heavy (non-hydrogen) atoms. The predicted molar refractivity (Wildman–Crippen MR) is 93.4 cm³/mol. The number of anilines is 2. The Bertz CT molecular complexity index is 440. The summed E-state index contributed by atoms with van der Waals surface area (Å²) in [5, 5.41) is 6.92. The first-order valence-corrected chi connectivity index (χ1v) is 9.34. The molecule has 0 atom stereocenters. The summed E-state index contributed by atoms with van der Waals surface area (Å²) in [6.45, 7) is 6.29. The van der Waals surface area contributed by atoms with Crippen LogP contribution in [0.4, 0.5) is 11.6 Å². The molecule has 2 N–H and O–H groups in total. The van der Waals surface area contributed by atoms with Gasteiger partial charge in [0, 0.05) is 30.3 Å².